The fourth-order valence-corrected chi connectivity index (χ4v) is 1.79. The van der Waals surface area contributed by atoms with E-state index in [9.17, 15) is 14.7 Å². The van der Waals surface area contributed by atoms with Crippen molar-refractivity contribution >= 4 is 22.6 Å². The normalized spacial score (nSPS) is 12.3. The van der Waals surface area contributed by atoms with Crippen LogP contribution in [0.3, 0.4) is 0 Å². The van der Waals surface area contributed by atoms with E-state index in [2.05, 4.69) is 5.32 Å². The maximum atomic E-state index is 11.4. The smallest absolute Gasteiger partial charge is 0.336 e. The number of carbonyl (C=O) groups is 1. The van der Waals surface area contributed by atoms with Crippen LogP contribution >= 0.6 is 0 Å². The Kier molecular flexibility index (Phi) is 3.16. The van der Waals surface area contributed by atoms with Gasteiger partial charge in [0, 0.05) is 11.5 Å². The van der Waals surface area contributed by atoms with Crippen molar-refractivity contribution in [2.75, 3.05) is 5.32 Å². The molecule has 2 aromatic rings. The third-order valence-corrected chi connectivity index (χ3v) is 2.83. The maximum absolute atomic E-state index is 11.4. The number of rotatable bonds is 3. The number of fused-ring (bicyclic) bond motifs is 1. The number of aliphatic carboxylic acids is 1. The van der Waals surface area contributed by atoms with Gasteiger partial charge in [-0.25, -0.2) is 4.79 Å². The number of anilines is 1. The van der Waals surface area contributed by atoms with Crippen LogP contribution in [0.1, 0.15) is 12.5 Å². The molecule has 0 bridgehead atoms. The first-order valence-corrected chi connectivity index (χ1v) is 5.66. The first-order chi connectivity index (χ1) is 8.90. The Balaban J connectivity index is 2.68. The average molecular weight is 263 g/mol. The van der Waals surface area contributed by atoms with Crippen LogP contribution in [-0.2, 0) is 4.79 Å². The molecule has 0 aliphatic carbocycles. The van der Waals surface area contributed by atoms with Gasteiger partial charge < -0.3 is 19.9 Å². The van der Waals surface area contributed by atoms with Gasteiger partial charge in [0.1, 0.15) is 17.5 Å². The molecule has 0 aliphatic heterocycles. The van der Waals surface area contributed by atoms with Crippen LogP contribution in [0.25, 0.3) is 11.0 Å². The van der Waals surface area contributed by atoms with Gasteiger partial charge in [0.2, 0.25) is 0 Å². The molecule has 1 aromatic carbocycles. The first-order valence-electron chi connectivity index (χ1n) is 5.66. The lowest BCUT2D eigenvalue weighted by atomic mass is 10.1. The summed E-state index contributed by atoms with van der Waals surface area (Å²) in [5.41, 5.74) is 0.394. The number of benzene rings is 1. The van der Waals surface area contributed by atoms with E-state index in [1.165, 1.54) is 19.1 Å². The van der Waals surface area contributed by atoms with Crippen molar-refractivity contribution in [3.05, 3.63) is 34.2 Å². The summed E-state index contributed by atoms with van der Waals surface area (Å²) in [6.45, 7) is 3.16. The number of hydrogen-bond donors (Lipinski definition) is 3. The lowest BCUT2D eigenvalue weighted by Crippen LogP contribution is -2.25. The standard InChI is InChI=1S/C13H13NO5/c1-6-5-10(16)19-12-8(6)3-4-9(15)11(12)14-7(2)13(17)18/h3-5,7,14-15H,1-2H3,(H,17,18)/t7-/m0/s1. The van der Waals surface area contributed by atoms with E-state index in [0.717, 1.165) is 0 Å². The minimum atomic E-state index is -1.08. The summed E-state index contributed by atoms with van der Waals surface area (Å²) in [5, 5.41) is 21.9. The van der Waals surface area contributed by atoms with Crippen molar-refractivity contribution in [3.8, 4) is 5.75 Å². The fraction of sp³-hybridized carbons (Fsp3) is 0.231. The highest BCUT2D eigenvalue weighted by Crippen LogP contribution is 2.33. The van der Waals surface area contributed by atoms with Crippen LogP contribution < -0.4 is 10.9 Å². The van der Waals surface area contributed by atoms with E-state index in [1.807, 2.05) is 0 Å². The number of nitrogens with one attached hydrogen (secondary N) is 1. The Bertz CT molecular complexity index is 704. The van der Waals surface area contributed by atoms with E-state index in [4.69, 9.17) is 9.52 Å². The predicted molar refractivity (Wildman–Crippen MR) is 69.6 cm³/mol. The number of carboxylic acid groups (broad SMARTS) is 1. The molecule has 6 nitrogen and oxygen atoms in total. The second kappa shape index (κ2) is 4.64. The molecule has 6 heteroatoms. The number of phenolic OH excluding ortho intramolecular Hbond substituents is 1. The summed E-state index contributed by atoms with van der Waals surface area (Å²) < 4.78 is 5.06. The number of aromatic hydroxyl groups is 1. The highest BCUT2D eigenvalue weighted by Gasteiger charge is 2.17. The third-order valence-electron chi connectivity index (χ3n) is 2.83. The van der Waals surface area contributed by atoms with Crippen molar-refractivity contribution in [1.29, 1.82) is 0 Å². The molecule has 19 heavy (non-hydrogen) atoms. The number of aryl methyl sites for hydroxylation is 1. The molecule has 2 rings (SSSR count). The van der Waals surface area contributed by atoms with Crippen molar-refractivity contribution in [2.24, 2.45) is 0 Å². The number of phenols is 1. The van der Waals surface area contributed by atoms with Gasteiger partial charge in [-0.15, -0.1) is 0 Å². The molecular formula is C13H13NO5. The largest absolute Gasteiger partial charge is 0.506 e. The molecule has 1 atom stereocenters. The van der Waals surface area contributed by atoms with E-state index in [-0.39, 0.29) is 17.0 Å². The molecule has 3 N–H and O–H groups in total. The van der Waals surface area contributed by atoms with Gasteiger partial charge in [-0.1, -0.05) is 0 Å². The second-order valence-corrected chi connectivity index (χ2v) is 4.29. The van der Waals surface area contributed by atoms with Crippen molar-refractivity contribution in [1.82, 2.24) is 0 Å². The van der Waals surface area contributed by atoms with E-state index in [0.29, 0.717) is 10.9 Å². The Morgan fingerprint density at radius 3 is 2.74 bits per heavy atom. The molecule has 0 spiro atoms. The molecule has 0 saturated carbocycles. The number of hydrogen-bond acceptors (Lipinski definition) is 5. The summed E-state index contributed by atoms with van der Waals surface area (Å²) >= 11 is 0. The molecule has 1 aromatic heterocycles. The molecule has 0 fully saturated rings. The fourth-order valence-electron chi connectivity index (χ4n) is 1.79. The minimum absolute atomic E-state index is 0.105. The topological polar surface area (TPSA) is 99.8 Å². The van der Waals surface area contributed by atoms with Crippen LogP contribution in [0.5, 0.6) is 5.75 Å². The summed E-state index contributed by atoms with van der Waals surface area (Å²) in [6.07, 6.45) is 0. The average Bonchev–Trinajstić information content (AvgIpc) is 2.32. The van der Waals surface area contributed by atoms with Gasteiger partial charge in [-0.2, -0.15) is 0 Å². The predicted octanol–water partition coefficient (Wildman–Crippen LogP) is 1.69. The van der Waals surface area contributed by atoms with Gasteiger partial charge >= 0.3 is 11.6 Å². The lowest BCUT2D eigenvalue weighted by molar-refractivity contribution is -0.137. The molecule has 0 unspecified atom stereocenters. The van der Waals surface area contributed by atoms with Gasteiger partial charge in [0.25, 0.3) is 0 Å². The lowest BCUT2D eigenvalue weighted by Gasteiger charge is -2.14. The zero-order valence-electron chi connectivity index (χ0n) is 10.4. The summed E-state index contributed by atoms with van der Waals surface area (Å²) in [7, 11) is 0. The zero-order valence-corrected chi connectivity index (χ0v) is 10.4. The molecule has 0 amide bonds. The monoisotopic (exact) mass is 263 g/mol. The molecule has 0 saturated heterocycles. The molecule has 0 radical (unpaired) electrons. The summed E-state index contributed by atoms with van der Waals surface area (Å²) in [6, 6.07) is 3.44. The van der Waals surface area contributed by atoms with Gasteiger partial charge in [0.05, 0.1) is 0 Å². The third kappa shape index (κ3) is 2.37. The van der Waals surface area contributed by atoms with Crippen LogP contribution in [0.4, 0.5) is 5.69 Å². The van der Waals surface area contributed by atoms with Crippen molar-refractivity contribution < 1.29 is 19.4 Å². The minimum Gasteiger partial charge on any atom is -0.506 e. The van der Waals surface area contributed by atoms with Crippen LogP contribution in [0.2, 0.25) is 0 Å². The van der Waals surface area contributed by atoms with Gasteiger partial charge in [0.15, 0.2) is 5.58 Å². The van der Waals surface area contributed by atoms with Gasteiger partial charge in [-0.05, 0) is 31.5 Å². The molecule has 1 heterocycles. The van der Waals surface area contributed by atoms with Crippen molar-refractivity contribution in [3.63, 3.8) is 0 Å². The zero-order chi connectivity index (χ0) is 14.2. The van der Waals surface area contributed by atoms with Crippen LogP contribution in [0.15, 0.2) is 27.4 Å². The van der Waals surface area contributed by atoms with E-state index in [1.54, 1.807) is 13.0 Å². The molecule has 100 valence electrons. The highest BCUT2D eigenvalue weighted by atomic mass is 16.4. The van der Waals surface area contributed by atoms with Crippen molar-refractivity contribution in [2.45, 2.75) is 19.9 Å². The SMILES string of the molecule is Cc1cc(=O)oc2c(N[C@@H](C)C(=O)O)c(O)ccc12. The maximum Gasteiger partial charge on any atom is 0.336 e. The molecule has 0 aliphatic rings. The number of carboxylic acids is 1. The Morgan fingerprint density at radius 1 is 1.42 bits per heavy atom. The van der Waals surface area contributed by atoms with E-state index < -0.39 is 17.6 Å². The Hall–Kier alpha value is -2.50. The van der Waals surface area contributed by atoms with Gasteiger partial charge in [-0.3, -0.25) is 4.79 Å². The summed E-state index contributed by atoms with van der Waals surface area (Å²) in [4.78, 5) is 22.2. The quantitative estimate of drug-likeness (QED) is 0.575. The Morgan fingerprint density at radius 2 is 2.11 bits per heavy atom. The highest BCUT2D eigenvalue weighted by molar-refractivity contribution is 5.95. The van der Waals surface area contributed by atoms with Crippen LogP contribution in [-0.4, -0.2) is 22.2 Å². The first kappa shape index (κ1) is 12.9. The summed E-state index contributed by atoms with van der Waals surface area (Å²) in [5.74, 6) is -1.25. The second-order valence-electron chi connectivity index (χ2n) is 4.29. The Labute approximate surface area is 108 Å². The van der Waals surface area contributed by atoms with E-state index >= 15 is 0 Å². The molecular weight excluding hydrogens is 250 g/mol. The van der Waals surface area contributed by atoms with Crippen LogP contribution in [0, 0.1) is 6.92 Å².